The van der Waals surface area contributed by atoms with Gasteiger partial charge in [0.15, 0.2) is 0 Å². The molecule has 2 aromatic rings. The number of benzene rings is 1. The third-order valence-electron chi connectivity index (χ3n) is 4.62. The van der Waals surface area contributed by atoms with Gasteiger partial charge in [0, 0.05) is 24.2 Å². The maximum Gasteiger partial charge on any atom is 0.0746 e. The fourth-order valence-electron chi connectivity index (χ4n) is 3.43. The number of para-hydroxylation sites is 1. The van der Waals surface area contributed by atoms with E-state index in [2.05, 4.69) is 41.1 Å². The average Bonchev–Trinajstić information content (AvgIpc) is 2.55. The van der Waals surface area contributed by atoms with Crippen molar-refractivity contribution in [2.24, 2.45) is 0 Å². The molecular formula is C18H24N2O. The SMILES string of the molecule is CCC(O)C1CCCCN1Cc1cccc2cccnc12. The van der Waals surface area contributed by atoms with Gasteiger partial charge < -0.3 is 5.11 Å². The molecule has 2 atom stereocenters. The number of piperidine rings is 1. The minimum atomic E-state index is -0.215. The number of nitrogens with zero attached hydrogens (tertiary/aromatic N) is 2. The Morgan fingerprint density at radius 3 is 3.00 bits per heavy atom. The molecule has 1 aliphatic heterocycles. The van der Waals surface area contributed by atoms with Crippen molar-refractivity contribution < 1.29 is 5.11 Å². The molecule has 21 heavy (non-hydrogen) atoms. The van der Waals surface area contributed by atoms with Crippen molar-refractivity contribution in [1.29, 1.82) is 0 Å². The molecule has 1 aromatic carbocycles. The number of fused-ring (bicyclic) bond motifs is 1. The Bertz CT molecular complexity index is 593. The molecule has 1 N–H and O–H groups in total. The van der Waals surface area contributed by atoms with E-state index in [0.29, 0.717) is 6.04 Å². The molecule has 0 aliphatic carbocycles. The van der Waals surface area contributed by atoms with Crippen molar-refractivity contribution in [1.82, 2.24) is 9.88 Å². The van der Waals surface area contributed by atoms with E-state index in [4.69, 9.17) is 0 Å². The number of pyridine rings is 1. The Labute approximate surface area is 126 Å². The third-order valence-corrected chi connectivity index (χ3v) is 4.62. The van der Waals surface area contributed by atoms with Crippen LogP contribution >= 0.6 is 0 Å². The Balaban J connectivity index is 1.86. The topological polar surface area (TPSA) is 36.4 Å². The molecular weight excluding hydrogens is 260 g/mol. The summed E-state index contributed by atoms with van der Waals surface area (Å²) < 4.78 is 0. The van der Waals surface area contributed by atoms with Crippen LogP contribution in [0.2, 0.25) is 0 Å². The van der Waals surface area contributed by atoms with Crippen molar-refractivity contribution >= 4 is 10.9 Å². The second kappa shape index (κ2) is 6.54. The Morgan fingerprint density at radius 1 is 1.29 bits per heavy atom. The monoisotopic (exact) mass is 284 g/mol. The largest absolute Gasteiger partial charge is 0.392 e. The number of hydrogen-bond acceptors (Lipinski definition) is 3. The lowest BCUT2D eigenvalue weighted by Crippen LogP contribution is -2.46. The first kappa shape index (κ1) is 14.5. The van der Waals surface area contributed by atoms with Crippen LogP contribution in [0.1, 0.15) is 38.2 Å². The number of rotatable bonds is 4. The highest BCUT2D eigenvalue weighted by molar-refractivity contribution is 5.81. The van der Waals surface area contributed by atoms with Gasteiger partial charge in [-0.05, 0) is 37.4 Å². The van der Waals surface area contributed by atoms with Crippen LogP contribution in [0, 0.1) is 0 Å². The number of likely N-dealkylation sites (tertiary alicyclic amines) is 1. The quantitative estimate of drug-likeness (QED) is 0.935. The fourth-order valence-corrected chi connectivity index (χ4v) is 3.43. The lowest BCUT2D eigenvalue weighted by Gasteiger charge is -2.38. The molecule has 0 bridgehead atoms. The van der Waals surface area contributed by atoms with Crippen molar-refractivity contribution in [3.8, 4) is 0 Å². The van der Waals surface area contributed by atoms with Crippen LogP contribution in [-0.2, 0) is 6.54 Å². The van der Waals surface area contributed by atoms with Gasteiger partial charge in [-0.3, -0.25) is 9.88 Å². The minimum Gasteiger partial charge on any atom is -0.392 e. The summed E-state index contributed by atoms with van der Waals surface area (Å²) in [5.41, 5.74) is 2.36. The van der Waals surface area contributed by atoms with Gasteiger partial charge in [-0.15, -0.1) is 0 Å². The van der Waals surface area contributed by atoms with E-state index < -0.39 is 0 Å². The second-order valence-corrected chi connectivity index (χ2v) is 6.00. The first-order valence-electron chi connectivity index (χ1n) is 8.04. The molecule has 3 rings (SSSR count). The van der Waals surface area contributed by atoms with Gasteiger partial charge >= 0.3 is 0 Å². The van der Waals surface area contributed by atoms with Gasteiger partial charge in [0.2, 0.25) is 0 Å². The van der Waals surface area contributed by atoms with Crippen LogP contribution in [0.4, 0.5) is 0 Å². The van der Waals surface area contributed by atoms with Crippen molar-refractivity contribution in [2.75, 3.05) is 6.54 Å². The molecule has 0 amide bonds. The first-order valence-corrected chi connectivity index (χ1v) is 8.04. The molecule has 1 saturated heterocycles. The lowest BCUT2D eigenvalue weighted by molar-refractivity contribution is 0.0197. The zero-order valence-corrected chi connectivity index (χ0v) is 12.7. The number of aromatic nitrogens is 1. The summed E-state index contributed by atoms with van der Waals surface area (Å²) in [5, 5.41) is 11.5. The second-order valence-electron chi connectivity index (χ2n) is 6.00. The fraction of sp³-hybridized carbons (Fsp3) is 0.500. The zero-order chi connectivity index (χ0) is 14.7. The first-order chi connectivity index (χ1) is 10.3. The summed E-state index contributed by atoms with van der Waals surface area (Å²) in [5.74, 6) is 0. The highest BCUT2D eigenvalue weighted by Gasteiger charge is 2.27. The molecule has 1 fully saturated rings. The molecule has 0 radical (unpaired) electrons. The third kappa shape index (κ3) is 3.09. The summed E-state index contributed by atoms with van der Waals surface area (Å²) in [6.07, 6.45) is 6.04. The Morgan fingerprint density at radius 2 is 2.14 bits per heavy atom. The molecule has 3 nitrogen and oxygen atoms in total. The number of aliphatic hydroxyl groups excluding tert-OH is 1. The molecule has 0 spiro atoms. The predicted molar refractivity (Wildman–Crippen MR) is 86.1 cm³/mol. The van der Waals surface area contributed by atoms with Crippen molar-refractivity contribution in [2.45, 2.75) is 51.3 Å². The highest BCUT2D eigenvalue weighted by atomic mass is 16.3. The van der Waals surface area contributed by atoms with E-state index in [9.17, 15) is 5.11 Å². The predicted octanol–water partition coefficient (Wildman–Crippen LogP) is 3.36. The van der Waals surface area contributed by atoms with Gasteiger partial charge in [-0.1, -0.05) is 37.6 Å². The van der Waals surface area contributed by atoms with E-state index in [-0.39, 0.29) is 6.10 Å². The van der Waals surface area contributed by atoms with Crippen molar-refractivity contribution in [3.05, 3.63) is 42.1 Å². The summed E-state index contributed by atoms with van der Waals surface area (Å²) >= 11 is 0. The van der Waals surface area contributed by atoms with Gasteiger partial charge in [-0.25, -0.2) is 0 Å². The van der Waals surface area contributed by atoms with E-state index >= 15 is 0 Å². The van der Waals surface area contributed by atoms with Crippen LogP contribution in [-0.4, -0.2) is 33.7 Å². The smallest absolute Gasteiger partial charge is 0.0746 e. The normalized spacial score (nSPS) is 21.5. The highest BCUT2D eigenvalue weighted by Crippen LogP contribution is 2.25. The van der Waals surface area contributed by atoms with Gasteiger partial charge in [0.1, 0.15) is 0 Å². The van der Waals surface area contributed by atoms with Crippen LogP contribution in [0.15, 0.2) is 36.5 Å². The molecule has 3 heteroatoms. The van der Waals surface area contributed by atoms with E-state index in [0.717, 1.165) is 31.4 Å². The zero-order valence-electron chi connectivity index (χ0n) is 12.7. The summed E-state index contributed by atoms with van der Waals surface area (Å²) in [6.45, 7) is 4.03. The molecule has 1 aliphatic rings. The number of hydrogen-bond donors (Lipinski definition) is 1. The Hall–Kier alpha value is -1.45. The van der Waals surface area contributed by atoms with E-state index in [1.54, 1.807) is 0 Å². The van der Waals surface area contributed by atoms with E-state index in [1.807, 2.05) is 12.3 Å². The van der Waals surface area contributed by atoms with Crippen molar-refractivity contribution in [3.63, 3.8) is 0 Å². The average molecular weight is 284 g/mol. The summed E-state index contributed by atoms with van der Waals surface area (Å²) in [7, 11) is 0. The van der Waals surface area contributed by atoms with Gasteiger partial charge in [0.25, 0.3) is 0 Å². The standard InChI is InChI=1S/C18H24N2O/c1-2-17(21)16-10-3-4-12-20(16)13-15-8-5-7-14-9-6-11-19-18(14)15/h5-9,11,16-17,21H,2-4,10,12-13H2,1H3. The number of aliphatic hydroxyl groups is 1. The molecule has 0 saturated carbocycles. The van der Waals surface area contributed by atoms with E-state index in [1.165, 1.54) is 23.8 Å². The maximum atomic E-state index is 10.3. The Kier molecular flexibility index (Phi) is 4.51. The van der Waals surface area contributed by atoms with Gasteiger partial charge in [0.05, 0.1) is 11.6 Å². The summed E-state index contributed by atoms with van der Waals surface area (Å²) in [4.78, 5) is 6.99. The molecule has 1 aromatic heterocycles. The molecule has 112 valence electrons. The lowest BCUT2D eigenvalue weighted by atomic mass is 9.95. The van der Waals surface area contributed by atoms with Gasteiger partial charge in [-0.2, -0.15) is 0 Å². The molecule has 2 heterocycles. The summed E-state index contributed by atoms with van der Waals surface area (Å²) in [6, 6.07) is 10.8. The molecule has 2 unspecified atom stereocenters. The maximum absolute atomic E-state index is 10.3. The van der Waals surface area contributed by atoms with Crippen LogP contribution in [0.3, 0.4) is 0 Å². The van der Waals surface area contributed by atoms with Crippen LogP contribution < -0.4 is 0 Å². The minimum absolute atomic E-state index is 0.215. The van der Waals surface area contributed by atoms with Crippen LogP contribution in [0.25, 0.3) is 10.9 Å². The van der Waals surface area contributed by atoms with Crippen LogP contribution in [0.5, 0.6) is 0 Å².